The molecular weight excluding hydrogens is 328 g/mol. The van der Waals surface area contributed by atoms with Crippen molar-refractivity contribution < 1.29 is 0 Å². The smallest absolute Gasteiger partial charge is 0.241 e. The molecule has 0 aliphatic heterocycles. The summed E-state index contributed by atoms with van der Waals surface area (Å²) in [5, 5.41) is 3.18. The molecule has 0 unspecified atom stereocenters. The molecule has 0 saturated heterocycles. The zero-order chi connectivity index (χ0) is 18.1. The van der Waals surface area contributed by atoms with E-state index in [-0.39, 0.29) is 0 Å². The van der Waals surface area contributed by atoms with Gasteiger partial charge in [0.15, 0.2) is 0 Å². The van der Waals surface area contributed by atoms with Gasteiger partial charge < -0.3 is 16.0 Å². The van der Waals surface area contributed by atoms with Crippen molar-refractivity contribution in [3.8, 4) is 5.95 Å². The molecular formula is C18H18N8. The molecule has 0 spiro atoms. The summed E-state index contributed by atoms with van der Waals surface area (Å²) in [4.78, 5) is 19.3. The largest absolute Gasteiger partial charge is 0.378 e. The number of aromatic nitrogens is 5. The number of fused-ring (bicyclic) bond motifs is 1. The fraction of sp³-hybridized carbons (Fsp3) is 0.111. The third kappa shape index (κ3) is 2.88. The lowest BCUT2D eigenvalue weighted by Gasteiger charge is -2.13. The summed E-state index contributed by atoms with van der Waals surface area (Å²) in [5.41, 5.74) is 9.70. The third-order valence-corrected chi connectivity index (χ3v) is 3.99. The van der Waals surface area contributed by atoms with E-state index >= 15 is 0 Å². The number of nitrogens with two attached hydrogens (primary N) is 1. The maximum absolute atomic E-state index is 6.06. The second-order valence-electron chi connectivity index (χ2n) is 5.97. The van der Waals surface area contributed by atoms with Crippen LogP contribution in [-0.4, -0.2) is 38.6 Å². The Bertz CT molecular complexity index is 1050. The first-order chi connectivity index (χ1) is 12.6. The molecule has 8 nitrogen and oxygen atoms in total. The fourth-order valence-corrected chi connectivity index (χ4v) is 2.68. The van der Waals surface area contributed by atoms with E-state index < -0.39 is 0 Å². The second kappa shape index (κ2) is 6.32. The maximum atomic E-state index is 6.06. The zero-order valence-electron chi connectivity index (χ0n) is 14.5. The van der Waals surface area contributed by atoms with E-state index in [9.17, 15) is 0 Å². The number of imidazole rings is 1. The number of nitrogen functional groups attached to an aromatic ring is 1. The molecule has 2 heterocycles. The van der Waals surface area contributed by atoms with Gasteiger partial charge in [-0.2, -0.15) is 4.98 Å². The van der Waals surface area contributed by atoms with E-state index in [0.717, 1.165) is 22.4 Å². The Balaban J connectivity index is 1.67. The monoisotopic (exact) mass is 346 g/mol. The van der Waals surface area contributed by atoms with Crippen molar-refractivity contribution in [1.82, 2.24) is 24.5 Å². The lowest BCUT2D eigenvalue weighted by atomic mass is 10.2. The van der Waals surface area contributed by atoms with Crippen molar-refractivity contribution in [2.45, 2.75) is 0 Å². The van der Waals surface area contributed by atoms with Gasteiger partial charge in [-0.1, -0.05) is 12.1 Å². The van der Waals surface area contributed by atoms with Crippen LogP contribution in [0.1, 0.15) is 0 Å². The van der Waals surface area contributed by atoms with E-state index in [1.807, 2.05) is 67.5 Å². The standard InChI is InChI=1S/C18H18N8/c1-25(2)13-9-7-12(8-10-13)22-17-20-11-21-18(24-17)26-15-6-4-3-5-14(15)23-16(26)19/h3-11H,1-2H3,(H2,19,23)(H,20,21,22,24). The van der Waals surface area contributed by atoms with Crippen molar-refractivity contribution in [2.24, 2.45) is 0 Å². The summed E-state index contributed by atoms with van der Waals surface area (Å²) < 4.78 is 1.71. The Kier molecular flexibility index (Phi) is 3.85. The molecule has 2 aromatic carbocycles. The van der Waals surface area contributed by atoms with Crippen LogP contribution in [0.3, 0.4) is 0 Å². The summed E-state index contributed by atoms with van der Waals surface area (Å²) in [6.45, 7) is 0. The van der Waals surface area contributed by atoms with Crippen LogP contribution in [0.2, 0.25) is 0 Å². The van der Waals surface area contributed by atoms with E-state index in [1.165, 1.54) is 6.33 Å². The molecule has 4 aromatic rings. The summed E-state index contributed by atoms with van der Waals surface area (Å²) in [6, 6.07) is 15.6. The first-order valence-electron chi connectivity index (χ1n) is 8.08. The highest BCUT2D eigenvalue weighted by Crippen LogP contribution is 2.22. The van der Waals surface area contributed by atoms with Crippen LogP contribution in [0, 0.1) is 0 Å². The molecule has 0 amide bonds. The highest BCUT2D eigenvalue weighted by molar-refractivity contribution is 5.80. The molecule has 0 atom stereocenters. The molecule has 4 rings (SSSR count). The number of anilines is 4. The number of nitrogens with one attached hydrogen (secondary N) is 1. The first-order valence-corrected chi connectivity index (χ1v) is 8.08. The molecule has 8 heteroatoms. The third-order valence-electron chi connectivity index (χ3n) is 3.99. The van der Waals surface area contributed by atoms with Gasteiger partial charge in [-0.3, -0.25) is 0 Å². The van der Waals surface area contributed by atoms with Crippen LogP contribution in [0.4, 0.5) is 23.3 Å². The van der Waals surface area contributed by atoms with Gasteiger partial charge in [0.2, 0.25) is 17.8 Å². The fourth-order valence-electron chi connectivity index (χ4n) is 2.68. The molecule has 0 fully saturated rings. The summed E-state index contributed by atoms with van der Waals surface area (Å²) in [7, 11) is 4.00. The number of rotatable bonds is 4. The molecule has 0 aliphatic carbocycles. The van der Waals surface area contributed by atoms with Gasteiger partial charge in [0.05, 0.1) is 11.0 Å². The molecule has 0 radical (unpaired) electrons. The van der Waals surface area contributed by atoms with Crippen LogP contribution < -0.4 is 16.0 Å². The summed E-state index contributed by atoms with van der Waals surface area (Å²) in [5.74, 6) is 1.18. The van der Waals surface area contributed by atoms with Crippen molar-refractivity contribution in [3.05, 3.63) is 54.9 Å². The SMILES string of the molecule is CN(C)c1ccc(Nc2ncnc(-n3c(N)nc4ccccc43)n2)cc1. The van der Waals surface area contributed by atoms with Gasteiger partial charge in [-0.05, 0) is 36.4 Å². The zero-order valence-corrected chi connectivity index (χ0v) is 14.5. The van der Waals surface area contributed by atoms with E-state index in [1.54, 1.807) is 4.57 Å². The Morgan fingerprint density at radius 1 is 0.962 bits per heavy atom. The van der Waals surface area contributed by atoms with Crippen LogP contribution in [0.25, 0.3) is 17.0 Å². The van der Waals surface area contributed by atoms with E-state index in [4.69, 9.17) is 5.73 Å². The minimum atomic E-state index is 0.332. The molecule has 0 bridgehead atoms. The average Bonchev–Trinajstić information content (AvgIpc) is 2.98. The quantitative estimate of drug-likeness (QED) is 0.586. The van der Waals surface area contributed by atoms with Gasteiger partial charge in [-0.25, -0.2) is 19.5 Å². The number of para-hydroxylation sites is 2. The molecule has 3 N–H and O–H groups in total. The van der Waals surface area contributed by atoms with Gasteiger partial charge in [0, 0.05) is 25.5 Å². The first kappa shape index (κ1) is 15.8. The Morgan fingerprint density at radius 2 is 1.73 bits per heavy atom. The van der Waals surface area contributed by atoms with Crippen LogP contribution in [0.15, 0.2) is 54.9 Å². The predicted molar refractivity (Wildman–Crippen MR) is 103 cm³/mol. The number of nitrogens with zero attached hydrogens (tertiary/aromatic N) is 6. The molecule has 2 aromatic heterocycles. The lowest BCUT2D eigenvalue weighted by molar-refractivity contribution is 0.926. The highest BCUT2D eigenvalue weighted by Gasteiger charge is 2.12. The lowest BCUT2D eigenvalue weighted by Crippen LogP contribution is -2.09. The number of hydrogen-bond donors (Lipinski definition) is 2. The average molecular weight is 346 g/mol. The molecule has 0 saturated carbocycles. The van der Waals surface area contributed by atoms with E-state index in [2.05, 4.69) is 25.3 Å². The Morgan fingerprint density at radius 3 is 2.50 bits per heavy atom. The second-order valence-corrected chi connectivity index (χ2v) is 5.97. The molecule has 0 aliphatic rings. The van der Waals surface area contributed by atoms with Crippen LogP contribution in [0.5, 0.6) is 0 Å². The normalized spacial score (nSPS) is 10.8. The van der Waals surface area contributed by atoms with Crippen molar-refractivity contribution >= 4 is 34.3 Å². The highest BCUT2D eigenvalue weighted by atomic mass is 15.3. The number of hydrogen-bond acceptors (Lipinski definition) is 7. The van der Waals surface area contributed by atoms with Crippen molar-refractivity contribution in [3.63, 3.8) is 0 Å². The predicted octanol–water partition coefficient (Wildman–Crippen LogP) is 2.60. The van der Waals surface area contributed by atoms with E-state index in [0.29, 0.717) is 17.8 Å². The van der Waals surface area contributed by atoms with Crippen molar-refractivity contribution in [2.75, 3.05) is 30.0 Å². The molecule has 26 heavy (non-hydrogen) atoms. The topological polar surface area (TPSA) is 97.8 Å². The van der Waals surface area contributed by atoms with Crippen LogP contribution in [-0.2, 0) is 0 Å². The maximum Gasteiger partial charge on any atom is 0.241 e. The van der Waals surface area contributed by atoms with Gasteiger partial charge >= 0.3 is 0 Å². The minimum Gasteiger partial charge on any atom is -0.378 e. The van der Waals surface area contributed by atoms with Gasteiger partial charge in [0.1, 0.15) is 6.33 Å². The Hall–Kier alpha value is -3.68. The summed E-state index contributed by atoms with van der Waals surface area (Å²) in [6.07, 6.45) is 1.45. The van der Waals surface area contributed by atoms with Gasteiger partial charge in [-0.15, -0.1) is 0 Å². The van der Waals surface area contributed by atoms with Crippen molar-refractivity contribution in [1.29, 1.82) is 0 Å². The Labute approximate surface area is 150 Å². The van der Waals surface area contributed by atoms with Gasteiger partial charge in [0.25, 0.3) is 0 Å². The van der Waals surface area contributed by atoms with Crippen LogP contribution >= 0.6 is 0 Å². The number of benzene rings is 2. The summed E-state index contributed by atoms with van der Waals surface area (Å²) >= 11 is 0. The molecule has 130 valence electrons. The minimum absolute atomic E-state index is 0.332.